The van der Waals surface area contributed by atoms with Crippen LogP contribution in [0.25, 0.3) is 0 Å². The zero-order chi connectivity index (χ0) is 20.0. The molecule has 2 aromatic rings. The minimum absolute atomic E-state index is 0.156. The molecule has 7 heteroatoms. The molecule has 0 spiro atoms. The summed E-state index contributed by atoms with van der Waals surface area (Å²) < 4.78 is 32.1. The predicted molar refractivity (Wildman–Crippen MR) is 107 cm³/mol. The number of hydrogen-bond acceptors (Lipinski definition) is 4. The van der Waals surface area contributed by atoms with Crippen molar-refractivity contribution in [3.8, 4) is 5.75 Å². The molecule has 0 fully saturated rings. The van der Waals surface area contributed by atoms with E-state index in [4.69, 9.17) is 4.74 Å². The molecule has 0 aromatic heterocycles. The van der Waals surface area contributed by atoms with E-state index < -0.39 is 10.0 Å². The first kappa shape index (κ1) is 20.9. The van der Waals surface area contributed by atoms with Gasteiger partial charge in [-0.15, -0.1) is 0 Å². The van der Waals surface area contributed by atoms with Gasteiger partial charge in [-0.1, -0.05) is 31.5 Å². The smallest absolute Gasteiger partial charge is 0.262 e. The van der Waals surface area contributed by atoms with E-state index in [-0.39, 0.29) is 17.4 Å². The average Bonchev–Trinajstić information content (AvgIpc) is 2.63. The van der Waals surface area contributed by atoms with Gasteiger partial charge in [0.1, 0.15) is 5.75 Å². The zero-order valence-corrected chi connectivity index (χ0v) is 17.0. The van der Waals surface area contributed by atoms with Crippen LogP contribution in [0.1, 0.15) is 25.0 Å². The maximum absolute atomic E-state index is 12.6. The number of nitrogens with one attached hydrogen (secondary N) is 1. The van der Waals surface area contributed by atoms with Gasteiger partial charge in [-0.3, -0.25) is 4.79 Å². The van der Waals surface area contributed by atoms with Gasteiger partial charge in [-0.05, 0) is 49.7 Å². The van der Waals surface area contributed by atoms with Crippen LogP contribution < -0.4 is 10.1 Å². The van der Waals surface area contributed by atoms with Crippen molar-refractivity contribution in [2.45, 2.75) is 32.6 Å². The van der Waals surface area contributed by atoms with E-state index in [1.165, 1.54) is 10.4 Å². The quantitative estimate of drug-likeness (QED) is 0.750. The number of nitrogens with zero attached hydrogens (tertiary/aromatic N) is 1. The third-order valence-electron chi connectivity index (χ3n) is 4.18. The summed E-state index contributed by atoms with van der Waals surface area (Å²) in [6, 6.07) is 12.1. The molecular weight excluding hydrogens is 364 g/mol. The van der Waals surface area contributed by atoms with Crippen molar-refractivity contribution >= 4 is 21.6 Å². The van der Waals surface area contributed by atoms with Crippen LogP contribution in [0.5, 0.6) is 5.75 Å². The number of sulfonamides is 1. The molecule has 146 valence electrons. The molecule has 0 aliphatic rings. The topological polar surface area (TPSA) is 75.7 Å². The van der Waals surface area contributed by atoms with E-state index in [0.717, 1.165) is 5.56 Å². The van der Waals surface area contributed by atoms with Crippen molar-refractivity contribution in [3.63, 3.8) is 0 Å². The summed E-state index contributed by atoms with van der Waals surface area (Å²) in [4.78, 5) is 12.3. The fraction of sp³-hybridized carbons (Fsp3) is 0.350. The molecule has 0 saturated heterocycles. The molecule has 1 N–H and O–H groups in total. The Labute approximate surface area is 161 Å². The Balaban J connectivity index is 2.03. The first-order chi connectivity index (χ1) is 12.8. The van der Waals surface area contributed by atoms with Crippen molar-refractivity contribution < 1.29 is 17.9 Å². The van der Waals surface area contributed by atoms with Crippen molar-refractivity contribution in [2.75, 3.05) is 25.0 Å². The summed E-state index contributed by atoms with van der Waals surface area (Å²) in [5, 5.41) is 2.76. The summed E-state index contributed by atoms with van der Waals surface area (Å²) >= 11 is 0. The van der Waals surface area contributed by atoms with E-state index in [1.807, 2.05) is 31.2 Å². The van der Waals surface area contributed by atoms with Crippen molar-refractivity contribution in [1.29, 1.82) is 0 Å². The lowest BCUT2D eigenvalue weighted by Gasteiger charge is -2.19. The molecule has 1 amide bonds. The molecule has 0 unspecified atom stereocenters. The van der Waals surface area contributed by atoms with Crippen LogP contribution in [0.3, 0.4) is 0 Å². The van der Waals surface area contributed by atoms with Gasteiger partial charge in [-0.2, -0.15) is 4.31 Å². The van der Waals surface area contributed by atoms with Gasteiger partial charge in [-0.25, -0.2) is 8.42 Å². The molecule has 0 saturated carbocycles. The maximum Gasteiger partial charge on any atom is 0.262 e. The Hall–Kier alpha value is -2.38. The van der Waals surface area contributed by atoms with Crippen LogP contribution in [0.2, 0.25) is 0 Å². The Morgan fingerprint density at radius 3 is 2.22 bits per heavy atom. The van der Waals surface area contributed by atoms with Gasteiger partial charge in [0.15, 0.2) is 6.61 Å². The summed E-state index contributed by atoms with van der Waals surface area (Å²) in [5.41, 5.74) is 2.47. The second kappa shape index (κ2) is 9.01. The number of carbonyl (C=O) groups is 1. The SMILES string of the molecule is CCN(CC)S(=O)(=O)c1ccc(OCC(=O)Nc2ccc(C)cc2)c(C)c1. The lowest BCUT2D eigenvalue weighted by atomic mass is 10.2. The summed E-state index contributed by atoms with van der Waals surface area (Å²) in [6.07, 6.45) is 0. The predicted octanol–water partition coefficient (Wildman–Crippen LogP) is 3.35. The van der Waals surface area contributed by atoms with Crippen molar-refractivity contribution in [3.05, 3.63) is 53.6 Å². The minimum atomic E-state index is -3.52. The number of aryl methyl sites for hydroxylation is 2. The van der Waals surface area contributed by atoms with Crippen LogP contribution in [-0.2, 0) is 14.8 Å². The monoisotopic (exact) mass is 390 g/mol. The highest BCUT2D eigenvalue weighted by Gasteiger charge is 2.22. The zero-order valence-electron chi connectivity index (χ0n) is 16.2. The Morgan fingerprint density at radius 2 is 1.67 bits per heavy atom. The van der Waals surface area contributed by atoms with Gasteiger partial charge in [0, 0.05) is 18.8 Å². The standard InChI is InChI=1S/C20H26N2O4S/c1-5-22(6-2)27(24,25)18-11-12-19(16(4)13-18)26-14-20(23)21-17-9-7-15(3)8-10-17/h7-13H,5-6,14H2,1-4H3,(H,21,23). The van der Waals surface area contributed by atoms with Gasteiger partial charge >= 0.3 is 0 Å². The molecular formula is C20H26N2O4S. The fourth-order valence-electron chi connectivity index (χ4n) is 2.63. The molecule has 27 heavy (non-hydrogen) atoms. The normalized spacial score (nSPS) is 11.4. The lowest BCUT2D eigenvalue weighted by molar-refractivity contribution is -0.118. The van der Waals surface area contributed by atoms with Crippen molar-refractivity contribution in [2.24, 2.45) is 0 Å². The van der Waals surface area contributed by atoms with Gasteiger partial charge in [0.05, 0.1) is 4.90 Å². The average molecular weight is 391 g/mol. The number of ether oxygens (including phenoxy) is 1. The van der Waals surface area contributed by atoms with Crippen molar-refractivity contribution in [1.82, 2.24) is 4.31 Å². The van der Waals surface area contributed by atoms with Crippen LogP contribution in [0.15, 0.2) is 47.4 Å². The van der Waals surface area contributed by atoms with E-state index >= 15 is 0 Å². The number of hydrogen-bond donors (Lipinski definition) is 1. The molecule has 0 radical (unpaired) electrons. The highest BCUT2D eigenvalue weighted by Crippen LogP contribution is 2.24. The lowest BCUT2D eigenvalue weighted by Crippen LogP contribution is -2.30. The third kappa shape index (κ3) is 5.30. The Bertz CT molecular complexity index is 889. The molecule has 0 aliphatic heterocycles. The van der Waals surface area contributed by atoms with Crippen LogP contribution in [0.4, 0.5) is 5.69 Å². The molecule has 2 rings (SSSR count). The highest BCUT2D eigenvalue weighted by molar-refractivity contribution is 7.89. The molecule has 0 atom stereocenters. The van der Waals surface area contributed by atoms with E-state index in [2.05, 4.69) is 5.32 Å². The number of anilines is 1. The van der Waals surface area contributed by atoms with Crippen LogP contribution in [0, 0.1) is 13.8 Å². The third-order valence-corrected chi connectivity index (χ3v) is 6.23. The van der Waals surface area contributed by atoms with E-state index in [9.17, 15) is 13.2 Å². The number of amides is 1. The maximum atomic E-state index is 12.6. The summed E-state index contributed by atoms with van der Waals surface area (Å²) in [5.74, 6) is 0.200. The van der Waals surface area contributed by atoms with E-state index in [1.54, 1.807) is 32.9 Å². The fourth-order valence-corrected chi connectivity index (χ4v) is 4.18. The Morgan fingerprint density at radius 1 is 1.04 bits per heavy atom. The first-order valence-corrected chi connectivity index (χ1v) is 10.3. The second-order valence-corrected chi connectivity index (χ2v) is 8.16. The molecule has 2 aromatic carbocycles. The Kier molecular flexibility index (Phi) is 6.98. The van der Waals surface area contributed by atoms with Gasteiger partial charge < -0.3 is 10.1 Å². The largest absolute Gasteiger partial charge is 0.483 e. The first-order valence-electron chi connectivity index (χ1n) is 8.88. The molecule has 0 bridgehead atoms. The van der Waals surface area contributed by atoms with E-state index in [0.29, 0.717) is 30.1 Å². The summed E-state index contributed by atoms with van der Waals surface area (Å²) in [6.45, 7) is 8.01. The second-order valence-electron chi connectivity index (χ2n) is 6.22. The molecule has 0 heterocycles. The number of rotatable bonds is 8. The van der Waals surface area contributed by atoms with Crippen LogP contribution >= 0.6 is 0 Å². The van der Waals surface area contributed by atoms with Crippen LogP contribution in [-0.4, -0.2) is 38.3 Å². The van der Waals surface area contributed by atoms with Gasteiger partial charge in [0.25, 0.3) is 5.91 Å². The minimum Gasteiger partial charge on any atom is -0.483 e. The number of benzene rings is 2. The highest BCUT2D eigenvalue weighted by atomic mass is 32.2. The summed E-state index contributed by atoms with van der Waals surface area (Å²) in [7, 11) is -3.52. The molecule has 6 nitrogen and oxygen atoms in total. The molecule has 0 aliphatic carbocycles. The number of carbonyl (C=O) groups excluding carboxylic acids is 1. The van der Waals surface area contributed by atoms with Gasteiger partial charge in [0.2, 0.25) is 10.0 Å².